The number of rotatable bonds is 1. The van der Waals surface area contributed by atoms with Crippen molar-refractivity contribution in [1.29, 1.82) is 0 Å². The van der Waals surface area contributed by atoms with Gasteiger partial charge in [-0.3, -0.25) is 4.79 Å². The van der Waals surface area contributed by atoms with Crippen LogP contribution in [0, 0.1) is 11.8 Å². The van der Waals surface area contributed by atoms with Crippen LogP contribution in [0.1, 0.15) is 25.7 Å². The average Bonchev–Trinajstić information content (AvgIpc) is 2.74. The lowest BCUT2D eigenvalue weighted by molar-refractivity contribution is -0.124. The van der Waals surface area contributed by atoms with Crippen molar-refractivity contribution in [3.63, 3.8) is 0 Å². The molecule has 0 aromatic heterocycles. The topological polar surface area (TPSA) is 26.3 Å². The van der Waals surface area contributed by atoms with Crippen LogP contribution in [-0.4, -0.2) is 24.2 Å². The molecule has 0 aromatic rings. The molecule has 82 valence electrons. The Morgan fingerprint density at radius 3 is 3.13 bits per heavy atom. The van der Waals surface area contributed by atoms with Gasteiger partial charge in [-0.1, -0.05) is 6.42 Å². The number of hydrogen-bond acceptors (Lipinski definition) is 3. The van der Waals surface area contributed by atoms with Crippen LogP contribution in [0.2, 0.25) is 0 Å². The summed E-state index contributed by atoms with van der Waals surface area (Å²) in [6.45, 7) is 0. The fourth-order valence-electron chi connectivity index (χ4n) is 3.25. The van der Waals surface area contributed by atoms with E-state index >= 15 is 0 Å². The third kappa shape index (κ3) is 1.40. The number of ether oxygens (including phenoxy) is 1. The number of ketones is 1. The molecule has 4 atom stereocenters. The van der Waals surface area contributed by atoms with Crippen LogP contribution in [0.3, 0.4) is 0 Å². The number of carbonyl (C=O) groups excluding carboxylic acids is 1. The standard InChI is InChI=1S/C12H16O2S/c1-15-10-6-9-11-7(12(10)14-9)4-2-3-5-8(11)13/h6-7,9,11-12H,2-5H2,1H3/t7-,9-,11-,12-/m1/s1. The SMILES string of the molecule is CSC1=C[C@H]2O[C@@H]1[C@@H]1CCCCC(=O)[C@@H]12. The van der Waals surface area contributed by atoms with Crippen molar-refractivity contribution in [3.05, 3.63) is 11.0 Å². The molecule has 3 rings (SSSR count). The molecule has 0 N–H and O–H groups in total. The third-order valence-electron chi connectivity index (χ3n) is 3.93. The van der Waals surface area contributed by atoms with Gasteiger partial charge >= 0.3 is 0 Å². The maximum Gasteiger partial charge on any atom is 0.139 e. The number of fused-ring (bicyclic) bond motifs is 5. The molecule has 0 aromatic carbocycles. The number of hydrogen-bond donors (Lipinski definition) is 0. The first-order chi connectivity index (χ1) is 7.31. The lowest BCUT2D eigenvalue weighted by atomic mass is 9.79. The quantitative estimate of drug-likeness (QED) is 0.684. The fraction of sp³-hybridized carbons (Fsp3) is 0.750. The van der Waals surface area contributed by atoms with Crippen LogP contribution < -0.4 is 0 Å². The van der Waals surface area contributed by atoms with Crippen LogP contribution in [-0.2, 0) is 9.53 Å². The minimum atomic E-state index is 0.105. The summed E-state index contributed by atoms with van der Waals surface area (Å²) in [4.78, 5) is 13.3. The van der Waals surface area contributed by atoms with Crippen LogP contribution in [0.15, 0.2) is 11.0 Å². The molecule has 2 bridgehead atoms. The van der Waals surface area contributed by atoms with Gasteiger partial charge in [-0.05, 0) is 25.2 Å². The first kappa shape index (κ1) is 9.91. The van der Waals surface area contributed by atoms with E-state index in [4.69, 9.17) is 4.74 Å². The van der Waals surface area contributed by atoms with Crippen molar-refractivity contribution in [2.24, 2.45) is 11.8 Å². The zero-order chi connectivity index (χ0) is 10.4. The fourth-order valence-corrected chi connectivity index (χ4v) is 3.98. The molecular weight excluding hydrogens is 208 g/mol. The molecule has 0 spiro atoms. The molecular formula is C12H16O2S. The van der Waals surface area contributed by atoms with E-state index in [0.29, 0.717) is 11.7 Å². The molecule has 3 aliphatic rings. The molecule has 3 heteroatoms. The van der Waals surface area contributed by atoms with Crippen molar-refractivity contribution in [2.75, 3.05) is 6.26 Å². The Balaban J connectivity index is 1.91. The van der Waals surface area contributed by atoms with Crippen molar-refractivity contribution < 1.29 is 9.53 Å². The van der Waals surface area contributed by atoms with Crippen molar-refractivity contribution in [1.82, 2.24) is 0 Å². The van der Waals surface area contributed by atoms with E-state index in [-0.39, 0.29) is 18.1 Å². The normalized spacial score (nSPS) is 43.8. The summed E-state index contributed by atoms with van der Waals surface area (Å²) in [5.74, 6) is 1.12. The predicted molar refractivity (Wildman–Crippen MR) is 60.7 cm³/mol. The van der Waals surface area contributed by atoms with E-state index in [0.717, 1.165) is 12.8 Å². The van der Waals surface area contributed by atoms with Gasteiger partial charge in [-0.2, -0.15) is 0 Å². The molecule has 15 heavy (non-hydrogen) atoms. The van der Waals surface area contributed by atoms with Crippen molar-refractivity contribution in [3.8, 4) is 0 Å². The zero-order valence-electron chi connectivity index (χ0n) is 8.94. The average molecular weight is 224 g/mol. The second-order valence-corrected chi connectivity index (χ2v) is 5.58. The highest BCUT2D eigenvalue weighted by Crippen LogP contribution is 2.49. The summed E-state index contributed by atoms with van der Waals surface area (Å²) in [5.41, 5.74) is 0. The molecule has 2 aliphatic heterocycles. The minimum absolute atomic E-state index is 0.105. The third-order valence-corrected chi connectivity index (χ3v) is 4.77. The van der Waals surface area contributed by atoms with Gasteiger partial charge in [0.25, 0.3) is 0 Å². The summed E-state index contributed by atoms with van der Waals surface area (Å²) in [6, 6.07) is 0. The smallest absolute Gasteiger partial charge is 0.139 e. The molecule has 0 radical (unpaired) electrons. The minimum Gasteiger partial charge on any atom is -0.365 e. The van der Waals surface area contributed by atoms with Gasteiger partial charge < -0.3 is 4.74 Å². The lowest BCUT2D eigenvalue weighted by Crippen LogP contribution is -2.30. The molecule has 1 saturated carbocycles. The first-order valence-corrected chi connectivity index (χ1v) is 6.97. The highest BCUT2D eigenvalue weighted by molar-refractivity contribution is 8.02. The van der Waals surface area contributed by atoms with E-state index in [2.05, 4.69) is 12.3 Å². The number of thioether (sulfide) groups is 1. The second kappa shape index (κ2) is 3.63. The first-order valence-electron chi connectivity index (χ1n) is 5.75. The number of Topliss-reactive ketones (excluding diaryl/α,β-unsaturated/α-hetero) is 1. The van der Waals surface area contributed by atoms with Gasteiger partial charge in [0.15, 0.2) is 0 Å². The largest absolute Gasteiger partial charge is 0.365 e. The van der Waals surface area contributed by atoms with Crippen molar-refractivity contribution in [2.45, 2.75) is 37.9 Å². The van der Waals surface area contributed by atoms with Crippen LogP contribution in [0.4, 0.5) is 0 Å². The van der Waals surface area contributed by atoms with Gasteiger partial charge in [0.2, 0.25) is 0 Å². The Morgan fingerprint density at radius 2 is 2.33 bits per heavy atom. The Kier molecular flexibility index (Phi) is 2.40. The van der Waals surface area contributed by atoms with Gasteiger partial charge in [-0.15, -0.1) is 11.8 Å². The van der Waals surface area contributed by atoms with Crippen LogP contribution in [0.5, 0.6) is 0 Å². The Bertz CT molecular complexity index is 324. The maximum atomic E-state index is 12.0. The maximum absolute atomic E-state index is 12.0. The second-order valence-electron chi connectivity index (χ2n) is 4.70. The van der Waals surface area contributed by atoms with Crippen LogP contribution >= 0.6 is 11.8 Å². The number of carbonyl (C=O) groups is 1. The molecule has 0 unspecified atom stereocenters. The molecule has 2 heterocycles. The highest BCUT2D eigenvalue weighted by Gasteiger charge is 2.52. The van der Waals surface area contributed by atoms with Gasteiger partial charge in [0, 0.05) is 17.2 Å². The van der Waals surface area contributed by atoms with E-state index in [1.54, 1.807) is 11.8 Å². The molecule has 2 nitrogen and oxygen atoms in total. The van der Waals surface area contributed by atoms with Crippen LogP contribution in [0.25, 0.3) is 0 Å². The van der Waals surface area contributed by atoms with Gasteiger partial charge in [0.1, 0.15) is 5.78 Å². The Morgan fingerprint density at radius 1 is 1.47 bits per heavy atom. The summed E-state index contributed by atoms with van der Waals surface area (Å²) < 4.78 is 5.91. The Labute approximate surface area is 94.4 Å². The lowest BCUT2D eigenvalue weighted by Gasteiger charge is -2.24. The summed E-state index contributed by atoms with van der Waals surface area (Å²) in [6.07, 6.45) is 8.86. The highest BCUT2D eigenvalue weighted by atomic mass is 32.2. The molecule has 2 fully saturated rings. The Hall–Kier alpha value is -0.280. The molecule has 1 aliphatic carbocycles. The predicted octanol–water partition coefficient (Wildman–Crippen LogP) is 2.39. The molecule has 0 amide bonds. The van der Waals surface area contributed by atoms with Crippen molar-refractivity contribution >= 4 is 17.5 Å². The summed E-state index contributed by atoms with van der Waals surface area (Å²) in [7, 11) is 0. The zero-order valence-corrected chi connectivity index (χ0v) is 9.76. The monoisotopic (exact) mass is 224 g/mol. The van der Waals surface area contributed by atoms with E-state index < -0.39 is 0 Å². The molecule has 1 saturated heterocycles. The summed E-state index contributed by atoms with van der Waals surface area (Å²) >= 11 is 1.78. The summed E-state index contributed by atoms with van der Waals surface area (Å²) in [5, 5.41) is 0. The van der Waals surface area contributed by atoms with E-state index in [9.17, 15) is 4.79 Å². The van der Waals surface area contributed by atoms with E-state index in [1.165, 1.54) is 17.7 Å². The van der Waals surface area contributed by atoms with E-state index in [1.807, 2.05) is 0 Å². The van der Waals surface area contributed by atoms with Gasteiger partial charge in [-0.25, -0.2) is 0 Å². The van der Waals surface area contributed by atoms with Gasteiger partial charge in [0.05, 0.1) is 18.1 Å².